The van der Waals surface area contributed by atoms with Crippen molar-refractivity contribution in [1.82, 2.24) is 9.55 Å². The lowest BCUT2D eigenvalue weighted by molar-refractivity contribution is 0.626. The van der Waals surface area contributed by atoms with Gasteiger partial charge in [-0.25, -0.2) is 8.78 Å². The standard InChI is InChI=1S/C14H9ClF2N2S/c1-7-2-3-8(16)4-12(7)19-13-5-9(15)10(17)6-11(13)18-14(19)20/h2-6H,1H3,(H,18,20). The Hall–Kier alpha value is -1.72. The molecule has 1 N–H and O–H groups in total. The summed E-state index contributed by atoms with van der Waals surface area (Å²) in [5, 5.41) is -0.00527. The average Bonchev–Trinajstić information content (AvgIpc) is 2.69. The van der Waals surface area contributed by atoms with Gasteiger partial charge in [0.25, 0.3) is 0 Å². The normalized spacial score (nSPS) is 11.2. The summed E-state index contributed by atoms with van der Waals surface area (Å²) in [5.74, 6) is -0.895. The molecule has 2 aromatic carbocycles. The van der Waals surface area contributed by atoms with Gasteiger partial charge in [0.2, 0.25) is 0 Å². The molecule has 0 amide bonds. The van der Waals surface area contributed by atoms with E-state index in [0.717, 1.165) is 5.56 Å². The van der Waals surface area contributed by atoms with Crippen molar-refractivity contribution < 1.29 is 8.78 Å². The lowest BCUT2D eigenvalue weighted by Gasteiger charge is -2.08. The zero-order chi connectivity index (χ0) is 14.4. The van der Waals surface area contributed by atoms with Crippen LogP contribution in [-0.4, -0.2) is 9.55 Å². The fourth-order valence-corrected chi connectivity index (χ4v) is 2.63. The van der Waals surface area contributed by atoms with Crippen molar-refractivity contribution in [1.29, 1.82) is 0 Å². The number of nitrogens with zero attached hydrogens (tertiary/aromatic N) is 1. The number of halogens is 3. The van der Waals surface area contributed by atoms with Crippen LogP contribution in [-0.2, 0) is 0 Å². The van der Waals surface area contributed by atoms with Crippen molar-refractivity contribution in [2.75, 3.05) is 0 Å². The minimum Gasteiger partial charge on any atom is -0.330 e. The summed E-state index contributed by atoms with van der Waals surface area (Å²) in [6, 6.07) is 7.18. The largest absolute Gasteiger partial charge is 0.330 e. The quantitative estimate of drug-likeness (QED) is 0.632. The number of rotatable bonds is 1. The molecule has 0 radical (unpaired) electrons. The van der Waals surface area contributed by atoms with Gasteiger partial charge in [0.15, 0.2) is 4.77 Å². The first kappa shape index (κ1) is 13.3. The number of aromatic amines is 1. The molecule has 0 spiro atoms. The highest BCUT2D eigenvalue weighted by molar-refractivity contribution is 7.71. The van der Waals surface area contributed by atoms with Gasteiger partial charge in [0.05, 0.1) is 21.7 Å². The summed E-state index contributed by atoms with van der Waals surface area (Å²) in [4.78, 5) is 2.90. The van der Waals surface area contributed by atoms with Crippen molar-refractivity contribution in [2.45, 2.75) is 6.92 Å². The molecule has 6 heteroatoms. The van der Waals surface area contributed by atoms with Gasteiger partial charge in [-0.15, -0.1) is 0 Å². The second-order valence-electron chi connectivity index (χ2n) is 4.48. The summed E-state index contributed by atoms with van der Waals surface area (Å²) >= 11 is 11.1. The second-order valence-corrected chi connectivity index (χ2v) is 5.27. The number of hydrogen-bond donors (Lipinski definition) is 1. The van der Waals surface area contributed by atoms with Gasteiger partial charge in [0.1, 0.15) is 11.6 Å². The summed E-state index contributed by atoms with van der Waals surface area (Å²) in [6.45, 7) is 1.85. The van der Waals surface area contributed by atoms with E-state index >= 15 is 0 Å². The third kappa shape index (κ3) is 2.03. The Labute approximate surface area is 123 Å². The Morgan fingerprint density at radius 1 is 1.20 bits per heavy atom. The van der Waals surface area contributed by atoms with Gasteiger partial charge >= 0.3 is 0 Å². The summed E-state index contributed by atoms with van der Waals surface area (Å²) in [7, 11) is 0. The Bertz CT molecular complexity index is 883. The number of benzene rings is 2. The van der Waals surface area contributed by atoms with E-state index in [0.29, 0.717) is 21.5 Å². The zero-order valence-corrected chi connectivity index (χ0v) is 11.9. The molecule has 0 aliphatic carbocycles. The molecule has 2 nitrogen and oxygen atoms in total. The monoisotopic (exact) mass is 310 g/mol. The maximum absolute atomic E-state index is 13.5. The van der Waals surface area contributed by atoms with Crippen molar-refractivity contribution in [2.24, 2.45) is 0 Å². The lowest BCUT2D eigenvalue weighted by Crippen LogP contribution is -1.98. The van der Waals surface area contributed by atoms with Crippen LogP contribution >= 0.6 is 23.8 Å². The minimum absolute atomic E-state index is 0.00527. The average molecular weight is 311 g/mol. The maximum atomic E-state index is 13.5. The first-order chi connectivity index (χ1) is 9.47. The van der Waals surface area contributed by atoms with Crippen LogP contribution in [0.4, 0.5) is 8.78 Å². The Balaban J connectivity index is 2.42. The fourth-order valence-electron chi connectivity index (χ4n) is 2.16. The molecular formula is C14H9ClF2N2S. The smallest absolute Gasteiger partial charge is 0.182 e. The molecule has 0 fully saturated rings. The first-order valence-corrected chi connectivity index (χ1v) is 6.62. The van der Waals surface area contributed by atoms with Crippen LogP contribution in [0.1, 0.15) is 5.56 Å². The molecule has 0 saturated heterocycles. The highest BCUT2D eigenvalue weighted by atomic mass is 35.5. The van der Waals surface area contributed by atoms with E-state index in [4.69, 9.17) is 23.8 Å². The number of fused-ring (bicyclic) bond motifs is 1. The highest BCUT2D eigenvalue weighted by Gasteiger charge is 2.12. The predicted molar refractivity (Wildman–Crippen MR) is 78.1 cm³/mol. The number of imidazole rings is 1. The second kappa shape index (κ2) is 4.68. The molecule has 0 saturated carbocycles. The molecule has 3 aromatic rings. The third-order valence-corrected chi connectivity index (χ3v) is 3.71. The van der Waals surface area contributed by atoms with Crippen LogP contribution in [0.25, 0.3) is 16.7 Å². The van der Waals surface area contributed by atoms with E-state index in [2.05, 4.69) is 4.98 Å². The molecule has 0 aliphatic rings. The van der Waals surface area contributed by atoms with Crippen LogP contribution in [0.2, 0.25) is 5.02 Å². The third-order valence-electron chi connectivity index (χ3n) is 3.14. The molecular weight excluding hydrogens is 302 g/mol. The molecule has 1 heterocycles. The molecule has 0 atom stereocenters. The van der Waals surface area contributed by atoms with Crippen LogP contribution in [0.3, 0.4) is 0 Å². The maximum Gasteiger partial charge on any atom is 0.182 e. The minimum atomic E-state index is -0.529. The van der Waals surface area contributed by atoms with Crippen LogP contribution in [0.5, 0.6) is 0 Å². The summed E-state index contributed by atoms with van der Waals surface area (Å²) in [6.07, 6.45) is 0. The number of aryl methyl sites for hydroxylation is 1. The van der Waals surface area contributed by atoms with Gasteiger partial charge in [-0.05, 0) is 42.9 Å². The number of hydrogen-bond acceptors (Lipinski definition) is 1. The van der Waals surface area contributed by atoms with Gasteiger partial charge in [-0.2, -0.15) is 0 Å². The highest BCUT2D eigenvalue weighted by Crippen LogP contribution is 2.27. The van der Waals surface area contributed by atoms with Crippen LogP contribution in [0.15, 0.2) is 30.3 Å². The molecule has 102 valence electrons. The Kier molecular flexibility index (Phi) is 3.11. The van der Waals surface area contributed by atoms with Crippen molar-refractivity contribution in [3.8, 4) is 5.69 Å². The SMILES string of the molecule is Cc1ccc(F)cc1-n1c(=S)[nH]c2cc(F)c(Cl)cc21. The van der Waals surface area contributed by atoms with E-state index in [1.54, 1.807) is 10.6 Å². The first-order valence-electron chi connectivity index (χ1n) is 5.83. The van der Waals surface area contributed by atoms with Crippen molar-refractivity contribution >= 4 is 34.9 Å². The number of H-pyrrole nitrogens is 1. The summed E-state index contributed by atoms with van der Waals surface area (Å²) in [5.41, 5.74) is 2.57. The molecule has 0 bridgehead atoms. The van der Waals surface area contributed by atoms with Crippen molar-refractivity contribution in [3.63, 3.8) is 0 Å². The lowest BCUT2D eigenvalue weighted by atomic mass is 10.2. The van der Waals surface area contributed by atoms with E-state index < -0.39 is 5.82 Å². The molecule has 3 rings (SSSR count). The molecule has 20 heavy (non-hydrogen) atoms. The van der Waals surface area contributed by atoms with E-state index in [-0.39, 0.29) is 10.8 Å². The predicted octanol–water partition coefficient (Wildman–Crippen LogP) is 4.93. The Morgan fingerprint density at radius 2 is 1.95 bits per heavy atom. The molecule has 0 unspecified atom stereocenters. The molecule has 0 aliphatic heterocycles. The van der Waals surface area contributed by atoms with Gasteiger partial charge in [0, 0.05) is 6.07 Å². The van der Waals surface area contributed by atoms with Gasteiger partial charge in [-0.3, -0.25) is 4.57 Å². The van der Waals surface area contributed by atoms with Gasteiger partial charge in [-0.1, -0.05) is 17.7 Å². The number of nitrogens with one attached hydrogen (secondary N) is 1. The van der Waals surface area contributed by atoms with Crippen LogP contribution in [0, 0.1) is 23.3 Å². The van der Waals surface area contributed by atoms with Gasteiger partial charge < -0.3 is 4.98 Å². The van der Waals surface area contributed by atoms with Crippen LogP contribution < -0.4 is 0 Å². The zero-order valence-electron chi connectivity index (χ0n) is 10.4. The van der Waals surface area contributed by atoms with E-state index in [1.165, 1.54) is 24.3 Å². The number of aromatic nitrogens is 2. The van der Waals surface area contributed by atoms with E-state index in [9.17, 15) is 8.78 Å². The fraction of sp³-hybridized carbons (Fsp3) is 0.0714. The van der Waals surface area contributed by atoms with E-state index in [1.807, 2.05) is 6.92 Å². The Morgan fingerprint density at radius 3 is 2.70 bits per heavy atom. The summed E-state index contributed by atoms with van der Waals surface area (Å²) < 4.78 is 29.0. The molecule has 1 aromatic heterocycles. The topological polar surface area (TPSA) is 20.7 Å². The van der Waals surface area contributed by atoms with Crippen molar-refractivity contribution in [3.05, 3.63) is 57.3 Å².